The van der Waals surface area contributed by atoms with E-state index in [2.05, 4.69) is 0 Å². The van der Waals surface area contributed by atoms with Gasteiger partial charge < -0.3 is 5.11 Å². The molecule has 0 amide bonds. The van der Waals surface area contributed by atoms with Crippen LogP contribution in [0, 0.1) is 5.82 Å². The number of hydrogen-bond donors (Lipinski definition) is 1. The summed E-state index contributed by atoms with van der Waals surface area (Å²) < 4.78 is 12.7. The van der Waals surface area contributed by atoms with Gasteiger partial charge in [0.2, 0.25) is 0 Å². The van der Waals surface area contributed by atoms with E-state index in [1.807, 2.05) is 24.3 Å². The summed E-state index contributed by atoms with van der Waals surface area (Å²) in [4.78, 5) is 0.951. The fraction of sp³-hybridized carbons (Fsp3) is 0.200. The highest BCUT2D eigenvalue weighted by atomic mass is 35.5. The first kappa shape index (κ1) is 14.4. The van der Waals surface area contributed by atoms with Crippen molar-refractivity contribution in [1.82, 2.24) is 0 Å². The number of hydrogen-bond acceptors (Lipinski definition) is 2. The minimum Gasteiger partial charge on any atom is -0.392 e. The Morgan fingerprint density at radius 3 is 2.58 bits per heavy atom. The minimum atomic E-state index is -0.450. The molecule has 0 bridgehead atoms. The summed E-state index contributed by atoms with van der Waals surface area (Å²) in [7, 11) is 0. The van der Waals surface area contributed by atoms with Gasteiger partial charge in [-0.1, -0.05) is 23.7 Å². The molecule has 0 spiro atoms. The number of aliphatic hydroxyl groups excluding tert-OH is 1. The first-order valence-corrected chi connectivity index (χ1v) is 7.31. The predicted molar refractivity (Wildman–Crippen MR) is 78.3 cm³/mol. The van der Waals surface area contributed by atoms with Crippen LogP contribution in [0.1, 0.15) is 5.56 Å². The van der Waals surface area contributed by atoms with Crippen LogP contribution < -0.4 is 0 Å². The molecular formula is C15H14ClFOS. The molecule has 19 heavy (non-hydrogen) atoms. The van der Waals surface area contributed by atoms with Crippen LogP contribution in [0.25, 0.3) is 0 Å². The van der Waals surface area contributed by atoms with E-state index in [-0.39, 0.29) is 5.82 Å². The highest BCUT2D eigenvalue weighted by Crippen LogP contribution is 2.20. The van der Waals surface area contributed by atoms with Gasteiger partial charge in [-0.3, -0.25) is 0 Å². The molecule has 0 saturated heterocycles. The molecule has 2 rings (SSSR count). The third-order valence-corrected chi connectivity index (χ3v) is 4.01. The zero-order valence-corrected chi connectivity index (χ0v) is 11.8. The highest BCUT2D eigenvalue weighted by Gasteiger charge is 2.07. The summed E-state index contributed by atoms with van der Waals surface area (Å²) >= 11 is 7.40. The van der Waals surface area contributed by atoms with Crippen molar-refractivity contribution in [3.05, 3.63) is 64.9 Å². The van der Waals surface area contributed by atoms with Crippen LogP contribution in [-0.4, -0.2) is 17.0 Å². The number of thioether (sulfide) groups is 1. The monoisotopic (exact) mass is 296 g/mol. The molecule has 0 aromatic heterocycles. The molecule has 0 radical (unpaired) electrons. The van der Waals surface area contributed by atoms with Crippen LogP contribution in [0.5, 0.6) is 0 Å². The molecule has 1 nitrogen and oxygen atoms in total. The fourth-order valence-corrected chi connectivity index (χ4v) is 2.76. The lowest BCUT2D eigenvalue weighted by molar-refractivity contribution is 0.200. The Bertz CT molecular complexity index is 530. The molecule has 1 atom stereocenters. The van der Waals surface area contributed by atoms with Gasteiger partial charge >= 0.3 is 0 Å². The number of aliphatic hydroxyl groups is 1. The van der Waals surface area contributed by atoms with Crippen molar-refractivity contribution < 1.29 is 9.50 Å². The summed E-state index contributed by atoms with van der Waals surface area (Å²) in [5.74, 6) is 0.321. The summed E-state index contributed by atoms with van der Waals surface area (Å²) in [5, 5.41) is 10.6. The van der Waals surface area contributed by atoms with Crippen LogP contribution in [-0.2, 0) is 6.42 Å². The quantitative estimate of drug-likeness (QED) is 0.836. The minimum absolute atomic E-state index is 0.246. The molecule has 0 aliphatic heterocycles. The van der Waals surface area contributed by atoms with Gasteiger partial charge in [0.15, 0.2) is 0 Å². The summed E-state index contributed by atoms with van der Waals surface area (Å²) in [6, 6.07) is 13.8. The zero-order valence-electron chi connectivity index (χ0n) is 10.2. The average molecular weight is 297 g/mol. The second-order valence-electron chi connectivity index (χ2n) is 4.25. The van der Waals surface area contributed by atoms with E-state index in [1.165, 1.54) is 23.9 Å². The summed E-state index contributed by atoms with van der Waals surface area (Å²) in [5.41, 5.74) is 1.01. The molecule has 0 aliphatic carbocycles. The predicted octanol–water partition coefficient (Wildman–Crippen LogP) is 4.17. The molecular weight excluding hydrogens is 283 g/mol. The molecule has 1 unspecified atom stereocenters. The third-order valence-electron chi connectivity index (χ3n) is 2.62. The lowest BCUT2D eigenvalue weighted by Gasteiger charge is -2.10. The standard InChI is InChI=1S/C15H14ClFOS/c16-12-3-1-2-11(8-12)9-14(18)10-19-15-6-4-13(17)5-7-15/h1-8,14,18H,9-10H2. The van der Waals surface area contributed by atoms with Gasteiger partial charge in [-0.2, -0.15) is 0 Å². The maximum absolute atomic E-state index is 12.7. The third kappa shape index (κ3) is 4.86. The SMILES string of the molecule is OC(CSc1ccc(F)cc1)Cc1cccc(Cl)c1. The molecule has 0 aliphatic rings. The average Bonchev–Trinajstić information content (AvgIpc) is 2.38. The van der Waals surface area contributed by atoms with Gasteiger partial charge in [-0.25, -0.2) is 4.39 Å². The van der Waals surface area contributed by atoms with Crippen molar-refractivity contribution in [3.63, 3.8) is 0 Å². The first-order chi connectivity index (χ1) is 9.13. The molecule has 2 aromatic rings. The van der Waals surface area contributed by atoms with Crippen LogP contribution in [0.15, 0.2) is 53.4 Å². The fourth-order valence-electron chi connectivity index (χ4n) is 1.72. The Hall–Kier alpha value is -1.03. The van der Waals surface area contributed by atoms with Crippen molar-refractivity contribution in [3.8, 4) is 0 Å². The van der Waals surface area contributed by atoms with E-state index < -0.39 is 6.10 Å². The van der Waals surface area contributed by atoms with Crippen LogP contribution >= 0.6 is 23.4 Å². The molecule has 1 N–H and O–H groups in total. The topological polar surface area (TPSA) is 20.2 Å². The van der Waals surface area contributed by atoms with Gasteiger partial charge in [0.05, 0.1) is 6.10 Å². The Morgan fingerprint density at radius 1 is 1.16 bits per heavy atom. The molecule has 0 fully saturated rings. The lowest BCUT2D eigenvalue weighted by atomic mass is 10.1. The van der Waals surface area contributed by atoms with E-state index in [1.54, 1.807) is 12.1 Å². The van der Waals surface area contributed by atoms with E-state index in [4.69, 9.17) is 11.6 Å². The van der Waals surface area contributed by atoms with E-state index in [0.717, 1.165) is 10.5 Å². The van der Waals surface area contributed by atoms with Crippen molar-refractivity contribution in [1.29, 1.82) is 0 Å². The molecule has 100 valence electrons. The summed E-state index contributed by atoms with van der Waals surface area (Å²) in [6.07, 6.45) is 0.114. The van der Waals surface area contributed by atoms with Gasteiger partial charge in [-0.05, 0) is 48.4 Å². The van der Waals surface area contributed by atoms with Crippen LogP contribution in [0.2, 0.25) is 5.02 Å². The number of benzene rings is 2. The van der Waals surface area contributed by atoms with E-state index >= 15 is 0 Å². The second-order valence-corrected chi connectivity index (χ2v) is 5.78. The lowest BCUT2D eigenvalue weighted by Crippen LogP contribution is -2.13. The molecule has 0 saturated carbocycles. The van der Waals surface area contributed by atoms with E-state index in [0.29, 0.717) is 17.2 Å². The normalized spacial score (nSPS) is 12.4. The Kier molecular flexibility index (Phi) is 5.25. The van der Waals surface area contributed by atoms with Crippen molar-refractivity contribution >= 4 is 23.4 Å². The highest BCUT2D eigenvalue weighted by molar-refractivity contribution is 7.99. The smallest absolute Gasteiger partial charge is 0.123 e. The Morgan fingerprint density at radius 2 is 1.89 bits per heavy atom. The maximum Gasteiger partial charge on any atom is 0.123 e. The number of halogens is 2. The van der Waals surface area contributed by atoms with Gasteiger partial charge in [0.1, 0.15) is 5.82 Å². The molecule has 0 heterocycles. The van der Waals surface area contributed by atoms with Crippen molar-refractivity contribution in [2.45, 2.75) is 17.4 Å². The number of rotatable bonds is 5. The van der Waals surface area contributed by atoms with Crippen molar-refractivity contribution in [2.24, 2.45) is 0 Å². The zero-order chi connectivity index (χ0) is 13.7. The van der Waals surface area contributed by atoms with Gasteiger partial charge in [0, 0.05) is 15.7 Å². The summed E-state index contributed by atoms with van der Waals surface area (Å²) in [6.45, 7) is 0. The Labute approximate surface area is 121 Å². The van der Waals surface area contributed by atoms with Crippen LogP contribution in [0.3, 0.4) is 0 Å². The maximum atomic E-state index is 12.7. The Balaban J connectivity index is 1.84. The van der Waals surface area contributed by atoms with Crippen LogP contribution in [0.4, 0.5) is 4.39 Å². The first-order valence-electron chi connectivity index (χ1n) is 5.94. The van der Waals surface area contributed by atoms with Crippen molar-refractivity contribution in [2.75, 3.05) is 5.75 Å². The molecule has 4 heteroatoms. The van der Waals surface area contributed by atoms with Gasteiger partial charge in [-0.15, -0.1) is 11.8 Å². The second kappa shape index (κ2) is 6.94. The largest absolute Gasteiger partial charge is 0.392 e. The van der Waals surface area contributed by atoms with E-state index in [9.17, 15) is 9.50 Å². The van der Waals surface area contributed by atoms with Gasteiger partial charge in [0.25, 0.3) is 0 Å². The molecule has 2 aromatic carbocycles.